The molecule has 16 heavy (non-hydrogen) atoms. The molecule has 0 amide bonds. The van der Waals surface area contributed by atoms with Crippen LogP contribution in [0.2, 0.25) is 0 Å². The first-order chi connectivity index (χ1) is 7.61. The molecule has 0 aliphatic rings. The van der Waals surface area contributed by atoms with Gasteiger partial charge in [-0.2, -0.15) is 5.26 Å². The van der Waals surface area contributed by atoms with Gasteiger partial charge < -0.3 is 4.52 Å². The summed E-state index contributed by atoms with van der Waals surface area (Å²) in [5.74, 6) is 0.659. The highest BCUT2D eigenvalue weighted by Gasteiger charge is 2.12. The van der Waals surface area contributed by atoms with Crippen LogP contribution in [-0.4, -0.2) is 5.16 Å². The first-order valence-corrected chi connectivity index (χ1v) is 5.07. The van der Waals surface area contributed by atoms with Crippen molar-refractivity contribution in [3.8, 4) is 17.4 Å². The summed E-state index contributed by atoms with van der Waals surface area (Å²) >= 11 is 0. The first-order valence-electron chi connectivity index (χ1n) is 5.07. The van der Waals surface area contributed by atoms with E-state index in [0.717, 1.165) is 16.7 Å². The Morgan fingerprint density at radius 2 is 1.75 bits per heavy atom. The van der Waals surface area contributed by atoms with Gasteiger partial charge in [0.25, 0.3) is 0 Å². The molecule has 0 spiro atoms. The molecule has 0 unspecified atom stereocenters. The lowest BCUT2D eigenvalue weighted by Crippen LogP contribution is -1.88. The molecule has 3 nitrogen and oxygen atoms in total. The van der Waals surface area contributed by atoms with Crippen LogP contribution >= 0.6 is 0 Å². The lowest BCUT2D eigenvalue weighted by molar-refractivity contribution is 0.429. The zero-order valence-electron chi connectivity index (χ0n) is 9.53. The number of rotatable bonds is 1. The molecule has 1 aromatic heterocycles. The Kier molecular flexibility index (Phi) is 2.49. The predicted molar refractivity (Wildman–Crippen MR) is 60.9 cm³/mol. The van der Waals surface area contributed by atoms with Crippen molar-refractivity contribution in [3.63, 3.8) is 0 Å². The predicted octanol–water partition coefficient (Wildman–Crippen LogP) is 3.14. The van der Waals surface area contributed by atoms with E-state index in [1.165, 1.54) is 5.56 Å². The summed E-state index contributed by atoms with van der Waals surface area (Å²) in [7, 11) is 0. The minimum absolute atomic E-state index is 0.314. The van der Waals surface area contributed by atoms with Crippen molar-refractivity contribution in [1.29, 1.82) is 5.26 Å². The molecule has 2 rings (SSSR count). The van der Waals surface area contributed by atoms with Gasteiger partial charge in [-0.1, -0.05) is 22.9 Å². The van der Waals surface area contributed by atoms with Crippen molar-refractivity contribution in [2.75, 3.05) is 0 Å². The van der Waals surface area contributed by atoms with E-state index < -0.39 is 0 Å². The van der Waals surface area contributed by atoms with Crippen LogP contribution in [0.5, 0.6) is 0 Å². The molecule has 0 radical (unpaired) electrons. The van der Waals surface area contributed by atoms with E-state index >= 15 is 0 Å². The van der Waals surface area contributed by atoms with E-state index in [-0.39, 0.29) is 0 Å². The maximum absolute atomic E-state index is 8.71. The maximum Gasteiger partial charge on any atom is 0.184 e. The standard InChI is InChI=1S/C13H12N2O/c1-8-4-9(2)13(10(3)5-8)12-6-11(7-14)15-16-12/h4-6H,1-3H3. The van der Waals surface area contributed by atoms with E-state index in [2.05, 4.69) is 24.2 Å². The number of nitrogens with zero attached hydrogens (tertiary/aromatic N) is 2. The summed E-state index contributed by atoms with van der Waals surface area (Å²) in [4.78, 5) is 0. The average Bonchev–Trinajstić information content (AvgIpc) is 2.64. The van der Waals surface area contributed by atoms with Gasteiger partial charge in [-0.3, -0.25) is 0 Å². The molecule has 0 N–H and O–H groups in total. The van der Waals surface area contributed by atoms with Gasteiger partial charge in [0.05, 0.1) is 0 Å². The minimum atomic E-state index is 0.314. The molecule has 0 saturated carbocycles. The summed E-state index contributed by atoms with van der Waals surface area (Å²) in [5.41, 5.74) is 4.84. The largest absolute Gasteiger partial charge is 0.355 e. The topological polar surface area (TPSA) is 49.8 Å². The van der Waals surface area contributed by atoms with Gasteiger partial charge >= 0.3 is 0 Å². The zero-order valence-corrected chi connectivity index (χ0v) is 9.53. The maximum atomic E-state index is 8.71. The second-order valence-electron chi connectivity index (χ2n) is 3.96. The Balaban J connectivity index is 2.60. The van der Waals surface area contributed by atoms with Crippen molar-refractivity contribution in [2.45, 2.75) is 20.8 Å². The number of hydrogen-bond acceptors (Lipinski definition) is 3. The molecule has 80 valence electrons. The fourth-order valence-electron chi connectivity index (χ4n) is 2.01. The van der Waals surface area contributed by atoms with E-state index in [1.807, 2.05) is 19.9 Å². The Morgan fingerprint density at radius 3 is 2.25 bits per heavy atom. The van der Waals surface area contributed by atoms with E-state index in [1.54, 1.807) is 6.07 Å². The molecule has 2 aromatic rings. The zero-order chi connectivity index (χ0) is 11.7. The minimum Gasteiger partial charge on any atom is -0.355 e. The van der Waals surface area contributed by atoms with E-state index in [0.29, 0.717) is 11.5 Å². The normalized spacial score (nSPS) is 10.1. The average molecular weight is 212 g/mol. The number of benzene rings is 1. The molecule has 0 saturated heterocycles. The summed E-state index contributed by atoms with van der Waals surface area (Å²) in [6.45, 7) is 6.12. The molecule has 0 aliphatic heterocycles. The Labute approximate surface area is 94.3 Å². The summed E-state index contributed by atoms with van der Waals surface area (Å²) in [6.07, 6.45) is 0. The number of hydrogen-bond donors (Lipinski definition) is 0. The molecule has 0 bridgehead atoms. The highest BCUT2D eigenvalue weighted by Crippen LogP contribution is 2.28. The van der Waals surface area contributed by atoms with Crippen LogP contribution in [0.15, 0.2) is 22.7 Å². The summed E-state index contributed by atoms with van der Waals surface area (Å²) in [6, 6.07) is 7.82. The van der Waals surface area contributed by atoms with Gasteiger partial charge in [0.2, 0.25) is 0 Å². The quantitative estimate of drug-likeness (QED) is 0.729. The molecule has 1 heterocycles. The van der Waals surface area contributed by atoms with Crippen molar-refractivity contribution < 1.29 is 4.52 Å². The molecule has 0 aliphatic carbocycles. The lowest BCUT2D eigenvalue weighted by Gasteiger charge is -2.07. The number of aromatic nitrogens is 1. The van der Waals surface area contributed by atoms with E-state index in [4.69, 9.17) is 9.78 Å². The lowest BCUT2D eigenvalue weighted by atomic mass is 9.98. The van der Waals surface area contributed by atoms with Crippen molar-refractivity contribution in [2.24, 2.45) is 0 Å². The third kappa shape index (κ3) is 1.70. The van der Waals surface area contributed by atoms with E-state index in [9.17, 15) is 0 Å². The third-order valence-electron chi connectivity index (χ3n) is 2.55. The van der Waals surface area contributed by atoms with Crippen molar-refractivity contribution in [1.82, 2.24) is 5.16 Å². The van der Waals surface area contributed by atoms with Crippen molar-refractivity contribution in [3.05, 3.63) is 40.6 Å². The Bertz CT molecular complexity index is 553. The highest BCUT2D eigenvalue weighted by molar-refractivity contribution is 5.67. The molecular formula is C13H12N2O. The van der Waals surface area contributed by atoms with Crippen LogP contribution in [-0.2, 0) is 0 Å². The van der Waals surface area contributed by atoms with Crippen LogP contribution in [0.1, 0.15) is 22.4 Å². The smallest absolute Gasteiger partial charge is 0.184 e. The highest BCUT2D eigenvalue weighted by atomic mass is 16.5. The Hall–Kier alpha value is -2.08. The van der Waals surface area contributed by atoms with Crippen LogP contribution < -0.4 is 0 Å². The fourth-order valence-corrected chi connectivity index (χ4v) is 2.01. The van der Waals surface area contributed by atoms with Crippen LogP contribution in [0.25, 0.3) is 11.3 Å². The number of aryl methyl sites for hydroxylation is 3. The van der Waals surface area contributed by atoms with Gasteiger partial charge in [0.1, 0.15) is 6.07 Å². The molecule has 0 atom stereocenters. The second kappa shape index (κ2) is 3.82. The number of nitriles is 1. The Morgan fingerprint density at radius 1 is 1.12 bits per heavy atom. The van der Waals surface area contributed by atoms with Gasteiger partial charge in [0.15, 0.2) is 11.5 Å². The van der Waals surface area contributed by atoms with Crippen LogP contribution in [0.3, 0.4) is 0 Å². The summed E-state index contributed by atoms with van der Waals surface area (Å²) in [5, 5.41) is 12.4. The monoisotopic (exact) mass is 212 g/mol. The second-order valence-corrected chi connectivity index (χ2v) is 3.96. The first kappa shape index (κ1) is 10.4. The van der Waals surface area contributed by atoms with Gasteiger partial charge in [0, 0.05) is 11.6 Å². The fraction of sp³-hybridized carbons (Fsp3) is 0.231. The van der Waals surface area contributed by atoms with Gasteiger partial charge in [-0.25, -0.2) is 0 Å². The van der Waals surface area contributed by atoms with Crippen molar-refractivity contribution >= 4 is 0 Å². The molecule has 3 heteroatoms. The van der Waals surface area contributed by atoms with Gasteiger partial charge in [-0.15, -0.1) is 0 Å². The SMILES string of the molecule is Cc1cc(C)c(-c2cc(C#N)no2)c(C)c1. The molecular weight excluding hydrogens is 200 g/mol. The molecule has 0 fully saturated rings. The summed E-state index contributed by atoms with van der Waals surface area (Å²) < 4.78 is 5.17. The van der Waals surface area contributed by atoms with Crippen LogP contribution in [0.4, 0.5) is 0 Å². The molecule has 1 aromatic carbocycles. The van der Waals surface area contributed by atoms with Gasteiger partial charge in [-0.05, 0) is 31.9 Å². The third-order valence-corrected chi connectivity index (χ3v) is 2.55. The van der Waals surface area contributed by atoms with Crippen LogP contribution in [0, 0.1) is 32.1 Å².